The predicted octanol–water partition coefficient (Wildman–Crippen LogP) is 3.93. The van der Waals surface area contributed by atoms with E-state index < -0.39 is 0 Å². The number of piperidine rings is 1. The Labute approximate surface area is 181 Å². The van der Waals surface area contributed by atoms with Crippen LogP contribution in [0.2, 0.25) is 0 Å². The highest BCUT2D eigenvalue weighted by Gasteiger charge is 2.25. The molecule has 2 heterocycles. The normalized spacial score (nSPS) is 19.1. The third kappa shape index (κ3) is 5.21. The number of hydrogen-bond donors (Lipinski definition) is 1. The zero-order valence-corrected chi connectivity index (χ0v) is 18.3. The van der Waals surface area contributed by atoms with Crippen molar-refractivity contribution in [2.45, 2.75) is 74.9 Å². The third-order valence-corrected chi connectivity index (χ3v) is 6.99. The molecular weight excluding hydrogens is 401 g/mol. The van der Waals surface area contributed by atoms with Crippen LogP contribution in [0.1, 0.15) is 57.7 Å². The summed E-state index contributed by atoms with van der Waals surface area (Å²) < 4.78 is 15.5. The van der Waals surface area contributed by atoms with Crippen LogP contribution in [-0.2, 0) is 11.3 Å². The summed E-state index contributed by atoms with van der Waals surface area (Å²) >= 11 is 1.41. The second kappa shape index (κ2) is 9.92. The molecule has 0 spiro atoms. The standard InChI is InChI=1S/C22H30FN5OS/c1-16(21(29)24-18-7-3-4-8-18)30-22-26-25-20(15-27-13-5-2-6-14-27)28(22)19-11-9-17(23)10-12-19/h9-12,16,18H,2-8,13-15H2,1H3,(H,24,29). The highest BCUT2D eigenvalue weighted by Crippen LogP contribution is 2.28. The summed E-state index contributed by atoms with van der Waals surface area (Å²) in [6.45, 7) is 4.72. The van der Waals surface area contributed by atoms with Crippen LogP contribution in [0.3, 0.4) is 0 Å². The van der Waals surface area contributed by atoms with Crippen LogP contribution in [0.5, 0.6) is 0 Å². The van der Waals surface area contributed by atoms with Crippen LogP contribution in [0.4, 0.5) is 4.39 Å². The van der Waals surface area contributed by atoms with Crippen LogP contribution in [-0.4, -0.2) is 50.0 Å². The summed E-state index contributed by atoms with van der Waals surface area (Å²) in [4.78, 5) is 15.1. The van der Waals surface area contributed by atoms with Crippen molar-refractivity contribution in [3.05, 3.63) is 35.9 Å². The maximum Gasteiger partial charge on any atom is 0.233 e. The van der Waals surface area contributed by atoms with Gasteiger partial charge in [-0.2, -0.15) is 0 Å². The molecule has 6 nitrogen and oxygen atoms in total. The molecule has 1 atom stereocenters. The first kappa shape index (κ1) is 21.3. The van der Waals surface area contributed by atoms with Gasteiger partial charge in [0.25, 0.3) is 0 Å². The van der Waals surface area contributed by atoms with Gasteiger partial charge in [0.2, 0.25) is 5.91 Å². The second-order valence-electron chi connectivity index (χ2n) is 8.30. The lowest BCUT2D eigenvalue weighted by Gasteiger charge is -2.26. The van der Waals surface area contributed by atoms with Crippen LogP contribution in [0.15, 0.2) is 29.4 Å². The number of nitrogens with zero attached hydrogens (tertiary/aromatic N) is 4. The van der Waals surface area contributed by atoms with E-state index in [1.807, 2.05) is 11.5 Å². The minimum absolute atomic E-state index is 0.0399. The molecule has 30 heavy (non-hydrogen) atoms. The van der Waals surface area contributed by atoms with Crippen molar-refractivity contribution in [2.75, 3.05) is 13.1 Å². The van der Waals surface area contributed by atoms with Crippen molar-refractivity contribution in [1.29, 1.82) is 0 Å². The van der Waals surface area contributed by atoms with Crippen molar-refractivity contribution in [3.8, 4) is 5.69 Å². The van der Waals surface area contributed by atoms with Crippen molar-refractivity contribution in [3.63, 3.8) is 0 Å². The molecule has 162 valence electrons. The van der Waals surface area contributed by atoms with Gasteiger partial charge in [0.05, 0.1) is 11.8 Å². The number of benzene rings is 1. The molecular formula is C22H30FN5OS. The minimum Gasteiger partial charge on any atom is -0.352 e. The first-order valence-electron chi connectivity index (χ1n) is 11.0. The molecule has 2 aromatic rings. The smallest absolute Gasteiger partial charge is 0.233 e. The monoisotopic (exact) mass is 431 g/mol. The third-order valence-electron chi connectivity index (χ3n) is 5.95. The topological polar surface area (TPSA) is 63.1 Å². The minimum atomic E-state index is -0.281. The highest BCUT2D eigenvalue weighted by atomic mass is 32.2. The van der Waals surface area contributed by atoms with Crippen LogP contribution >= 0.6 is 11.8 Å². The number of carbonyl (C=O) groups is 1. The second-order valence-corrected chi connectivity index (χ2v) is 9.61. The van der Waals surface area contributed by atoms with E-state index in [-0.39, 0.29) is 17.0 Å². The average molecular weight is 432 g/mol. The number of rotatable bonds is 7. The Kier molecular flexibility index (Phi) is 7.04. The molecule has 0 radical (unpaired) electrons. The Hall–Kier alpha value is -1.93. The van der Waals surface area contributed by atoms with E-state index in [0.29, 0.717) is 17.7 Å². The molecule has 1 amide bonds. The van der Waals surface area contributed by atoms with Crippen molar-refractivity contribution >= 4 is 17.7 Å². The number of carbonyl (C=O) groups excluding carboxylic acids is 1. The van der Waals surface area contributed by atoms with Gasteiger partial charge in [0.1, 0.15) is 5.82 Å². The molecule has 2 aliphatic rings. The Morgan fingerprint density at radius 3 is 2.53 bits per heavy atom. The lowest BCUT2D eigenvalue weighted by atomic mass is 10.1. The van der Waals surface area contributed by atoms with Gasteiger partial charge in [-0.1, -0.05) is 31.0 Å². The first-order chi connectivity index (χ1) is 14.6. The lowest BCUT2D eigenvalue weighted by Crippen LogP contribution is -2.37. The number of halogens is 1. The molecule has 1 aromatic carbocycles. The molecule has 0 bridgehead atoms. The van der Waals surface area contributed by atoms with E-state index in [0.717, 1.165) is 37.4 Å². The molecule has 1 aliphatic carbocycles. The first-order valence-corrected chi connectivity index (χ1v) is 11.9. The van der Waals surface area contributed by atoms with E-state index in [1.165, 1.54) is 56.0 Å². The quantitative estimate of drug-likeness (QED) is 0.673. The number of amides is 1. The molecule has 1 saturated carbocycles. The predicted molar refractivity (Wildman–Crippen MR) is 116 cm³/mol. The number of thioether (sulfide) groups is 1. The van der Waals surface area contributed by atoms with E-state index in [1.54, 1.807) is 12.1 Å². The van der Waals surface area contributed by atoms with Crippen LogP contribution in [0.25, 0.3) is 5.69 Å². The van der Waals surface area contributed by atoms with Crippen molar-refractivity contribution < 1.29 is 9.18 Å². The van der Waals surface area contributed by atoms with Gasteiger partial charge in [0, 0.05) is 11.7 Å². The molecule has 1 N–H and O–H groups in total. The molecule has 4 rings (SSSR count). The zero-order chi connectivity index (χ0) is 20.9. The van der Waals surface area contributed by atoms with Gasteiger partial charge in [0.15, 0.2) is 11.0 Å². The Bertz CT molecular complexity index is 844. The Morgan fingerprint density at radius 1 is 1.13 bits per heavy atom. The van der Waals surface area contributed by atoms with Gasteiger partial charge in [-0.3, -0.25) is 14.3 Å². The lowest BCUT2D eigenvalue weighted by molar-refractivity contribution is -0.120. The highest BCUT2D eigenvalue weighted by molar-refractivity contribution is 8.00. The molecule has 1 saturated heterocycles. The number of aromatic nitrogens is 3. The summed E-state index contributed by atoms with van der Waals surface area (Å²) in [5.74, 6) is 0.593. The Balaban J connectivity index is 1.53. The number of likely N-dealkylation sites (tertiary alicyclic amines) is 1. The summed E-state index contributed by atoms with van der Waals surface area (Å²) in [6, 6.07) is 6.68. The van der Waals surface area contributed by atoms with Crippen LogP contribution < -0.4 is 5.32 Å². The SMILES string of the molecule is CC(Sc1nnc(CN2CCCCC2)n1-c1ccc(F)cc1)C(=O)NC1CCCC1. The molecule has 1 unspecified atom stereocenters. The maximum absolute atomic E-state index is 13.5. The van der Waals surface area contributed by atoms with Gasteiger partial charge in [-0.25, -0.2) is 4.39 Å². The van der Waals surface area contributed by atoms with E-state index in [9.17, 15) is 9.18 Å². The van der Waals surface area contributed by atoms with Crippen molar-refractivity contribution in [1.82, 2.24) is 25.0 Å². The fourth-order valence-electron chi connectivity index (χ4n) is 4.25. The molecule has 2 fully saturated rings. The largest absolute Gasteiger partial charge is 0.352 e. The van der Waals surface area contributed by atoms with Gasteiger partial charge >= 0.3 is 0 Å². The molecule has 1 aromatic heterocycles. The maximum atomic E-state index is 13.5. The van der Waals surface area contributed by atoms with Crippen LogP contribution in [0, 0.1) is 5.82 Å². The van der Waals surface area contributed by atoms with E-state index in [2.05, 4.69) is 20.4 Å². The summed E-state index contributed by atoms with van der Waals surface area (Å²) in [5.41, 5.74) is 0.819. The zero-order valence-electron chi connectivity index (χ0n) is 17.5. The van der Waals surface area contributed by atoms with Gasteiger partial charge in [-0.05, 0) is 70.0 Å². The van der Waals surface area contributed by atoms with Gasteiger partial charge in [-0.15, -0.1) is 10.2 Å². The summed E-state index contributed by atoms with van der Waals surface area (Å²) in [6.07, 6.45) is 8.17. The molecule has 8 heteroatoms. The summed E-state index contributed by atoms with van der Waals surface area (Å²) in [5, 5.41) is 12.4. The Morgan fingerprint density at radius 2 is 1.83 bits per heavy atom. The number of hydrogen-bond acceptors (Lipinski definition) is 5. The average Bonchev–Trinajstić information content (AvgIpc) is 3.40. The molecule has 1 aliphatic heterocycles. The fraction of sp³-hybridized carbons (Fsp3) is 0.591. The number of nitrogens with one attached hydrogen (secondary N) is 1. The fourth-order valence-corrected chi connectivity index (χ4v) is 5.14. The summed E-state index contributed by atoms with van der Waals surface area (Å²) in [7, 11) is 0. The van der Waals surface area contributed by atoms with E-state index in [4.69, 9.17) is 0 Å². The van der Waals surface area contributed by atoms with Gasteiger partial charge < -0.3 is 5.32 Å². The van der Waals surface area contributed by atoms with E-state index >= 15 is 0 Å². The van der Waals surface area contributed by atoms with Crippen molar-refractivity contribution in [2.24, 2.45) is 0 Å².